The van der Waals surface area contributed by atoms with E-state index in [1.54, 1.807) is 0 Å². The molecule has 2 N–H and O–H groups in total. The van der Waals surface area contributed by atoms with Crippen LogP contribution in [0.3, 0.4) is 0 Å². The van der Waals surface area contributed by atoms with Crippen molar-refractivity contribution in [3.8, 4) is 0 Å². The Bertz CT molecular complexity index is 359. The zero-order valence-corrected chi connectivity index (χ0v) is 13.8. The van der Waals surface area contributed by atoms with Crippen LogP contribution < -0.4 is 5.73 Å². The zero-order valence-electron chi connectivity index (χ0n) is 13.8. The van der Waals surface area contributed by atoms with Crippen LogP contribution in [0.4, 0.5) is 0 Å². The Labute approximate surface area is 125 Å². The van der Waals surface area contributed by atoms with Crippen LogP contribution in [-0.4, -0.2) is 24.5 Å². The minimum atomic E-state index is 0.370. The highest BCUT2D eigenvalue weighted by molar-refractivity contribution is 5.36. The van der Waals surface area contributed by atoms with Gasteiger partial charge in [-0.05, 0) is 56.5 Å². The van der Waals surface area contributed by atoms with Crippen molar-refractivity contribution in [3.05, 3.63) is 34.9 Å². The van der Waals surface area contributed by atoms with Gasteiger partial charge < -0.3 is 5.73 Å². The Morgan fingerprint density at radius 1 is 1.00 bits per heavy atom. The lowest BCUT2D eigenvalue weighted by Crippen LogP contribution is -2.36. The predicted molar refractivity (Wildman–Crippen MR) is 89.1 cm³/mol. The fraction of sp³-hybridized carbons (Fsp3) is 0.667. The lowest BCUT2D eigenvalue weighted by atomic mass is 9.94. The van der Waals surface area contributed by atoms with Crippen LogP contribution in [0.1, 0.15) is 62.3 Å². The molecule has 0 aliphatic rings. The van der Waals surface area contributed by atoms with Crippen LogP contribution in [0.2, 0.25) is 0 Å². The number of nitrogens with zero attached hydrogens (tertiary/aromatic N) is 1. The molecule has 0 heterocycles. The van der Waals surface area contributed by atoms with E-state index in [0.717, 1.165) is 13.1 Å². The monoisotopic (exact) mass is 276 g/mol. The summed E-state index contributed by atoms with van der Waals surface area (Å²) < 4.78 is 0. The molecule has 114 valence electrons. The average Bonchev–Trinajstić information content (AvgIpc) is 2.44. The van der Waals surface area contributed by atoms with Crippen molar-refractivity contribution in [1.29, 1.82) is 0 Å². The first-order valence-electron chi connectivity index (χ1n) is 8.15. The molecule has 0 aromatic heterocycles. The molecule has 0 fully saturated rings. The van der Waals surface area contributed by atoms with Crippen molar-refractivity contribution in [2.45, 2.75) is 59.4 Å². The fourth-order valence-corrected chi connectivity index (χ4v) is 2.95. The van der Waals surface area contributed by atoms with Crippen LogP contribution in [0, 0.1) is 13.8 Å². The molecule has 20 heavy (non-hydrogen) atoms. The quantitative estimate of drug-likeness (QED) is 0.732. The summed E-state index contributed by atoms with van der Waals surface area (Å²) in [5, 5.41) is 0. The molecule has 0 spiro atoms. The standard InChI is InChI=1S/C18H32N2/c1-5-7-12-20(13-8-6-2)17(14-19)18-15(3)10-9-11-16(18)4/h9-11,17H,5-8,12-14,19H2,1-4H3. The van der Waals surface area contributed by atoms with Crippen LogP contribution >= 0.6 is 0 Å². The maximum atomic E-state index is 6.15. The minimum absolute atomic E-state index is 0.370. The molecular formula is C18H32N2. The van der Waals surface area contributed by atoms with Crippen molar-refractivity contribution in [2.75, 3.05) is 19.6 Å². The van der Waals surface area contributed by atoms with Gasteiger partial charge in [0.15, 0.2) is 0 Å². The van der Waals surface area contributed by atoms with E-state index in [1.807, 2.05) is 0 Å². The number of nitrogens with two attached hydrogens (primary N) is 1. The first kappa shape index (κ1) is 17.2. The van der Waals surface area contributed by atoms with E-state index in [2.05, 4.69) is 50.8 Å². The first-order valence-corrected chi connectivity index (χ1v) is 8.15. The van der Waals surface area contributed by atoms with Crippen molar-refractivity contribution in [3.63, 3.8) is 0 Å². The normalized spacial score (nSPS) is 12.9. The topological polar surface area (TPSA) is 29.3 Å². The molecule has 0 aliphatic heterocycles. The number of aryl methyl sites for hydroxylation is 2. The van der Waals surface area contributed by atoms with E-state index in [-0.39, 0.29) is 0 Å². The molecule has 0 amide bonds. The Balaban J connectivity index is 2.98. The molecule has 2 heteroatoms. The largest absolute Gasteiger partial charge is 0.329 e. The Morgan fingerprint density at radius 2 is 1.50 bits per heavy atom. The molecule has 0 saturated heterocycles. The van der Waals surface area contributed by atoms with Gasteiger partial charge in [0, 0.05) is 12.6 Å². The summed E-state index contributed by atoms with van der Waals surface area (Å²) in [5.41, 5.74) is 10.3. The maximum Gasteiger partial charge on any atom is 0.0475 e. The molecule has 2 nitrogen and oxygen atoms in total. The highest BCUT2D eigenvalue weighted by Gasteiger charge is 2.21. The van der Waals surface area contributed by atoms with Gasteiger partial charge in [-0.1, -0.05) is 44.9 Å². The SMILES string of the molecule is CCCCN(CCCC)C(CN)c1c(C)cccc1C. The Hall–Kier alpha value is -0.860. The molecule has 0 radical (unpaired) electrons. The molecule has 1 rings (SSSR count). The third kappa shape index (κ3) is 4.60. The summed E-state index contributed by atoms with van der Waals surface area (Å²) in [6.45, 7) is 12.0. The van der Waals surface area contributed by atoms with Gasteiger partial charge in [0.25, 0.3) is 0 Å². The molecule has 1 atom stereocenters. The van der Waals surface area contributed by atoms with Crippen LogP contribution in [0.15, 0.2) is 18.2 Å². The molecule has 0 bridgehead atoms. The van der Waals surface area contributed by atoms with E-state index in [1.165, 1.54) is 42.4 Å². The van der Waals surface area contributed by atoms with Gasteiger partial charge in [0.1, 0.15) is 0 Å². The third-order valence-corrected chi connectivity index (χ3v) is 4.14. The van der Waals surface area contributed by atoms with Crippen LogP contribution in [-0.2, 0) is 0 Å². The lowest BCUT2D eigenvalue weighted by Gasteiger charge is -2.33. The molecule has 0 saturated carbocycles. The van der Waals surface area contributed by atoms with Crippen molar-refractivity contribution in [1.82, 2.24) is 4.90 Å². The van der Waals surface area contributed by atoms with Gasteiger partial charge in [-0.2, -0.15) is 0 Å². The molecule has 1 aromatic carbocycles. The second-order valence-corrected chi connectivity index (χ2v) is 5.80. The summed E-state index contributed by atoms with van der Waals surface area (Å²) in [4.78, 5) is 2.60. The van der Waals surface area contributed by atoms with E-state index in [0.29, 0.717) is 12.6 Å². The van der Waals surface area contributed by atoms with Crippen molar-refractivity contribution < 1.29 is 0 Å². The second-order valence-electron chi connectivity index (χ2n) is 5.80. The third-order valence-electron chi connectivity index (χ3n) is 4.14. The predicted octanol–water partition coefficient (Wildman–Crippen LogP) is 4.21. The Morgan fingerprint density at radius 3 is 1.90 bits per heavy atom. The smallest absolute Gasteiger partial charge is 0.0475 e. The zero-order chi connectivity index (χ0) is 15.0. The summed E-state index contributed by atoms with van der Waals surface area (Å²) in [6.07, 6.45) is 5.00. The molecule has 1 unspecified atom stereocenters. The highest BCUT2D eigenvalue weighted by Crippen LogP contribution is 2.27. The Kier molecular flexibility index (Phi) is 7.86. The van der Waals surface area contributed by atoms with Gasteiger partial charge in [-0.15, -0.1) is 0 Å². The lowest BCUT2D eigenvalue weighted by molar-refractivity contribution is 0.194. The van der Waals surface area contributed by atoms with E-state index in [9.17, 15) is 0 Å². The van der Waals surface area contributed by atoms with Gasteiger partial charge in [0.2, 0.25) is 0 Å². The van der Waals surface area contributed by atoms with E-state index >= 15 is 0 Å². The fourth-order valence-electron chi connectivity index (χ4n) is 2.95. The van der Waals surface area contributed by atoms with Gasteiger partial charge in [0.05, 0.1) is 0 Å². The van der Waals surface area contributed by atoms with E-state index in [4.69, 9.17) is 5.73 Å². The summed E-state index contributed by atoms with van der Waals surface area (Å²) in [6, 6.07) is 6.93. The number of rotatable bonds is 9. The van der Waals surface area contributed by atoms with Gasteiger partial charge >= 0.3 is 0 Å². The minimum Gasteiger partial charge on any atom is -0.329 e. The highest BCUT2D eigenvalue weighted by atomic mass is 15.2. The van der Waals surface area contributed by atoms with E-state index < -0.39 is 0 Å². The molecule has 0 aliphatic carbocycles. The first-order chi connectivity index (χ1) is 9.65. The maximum absolute atomic E-state index is 6.15. The average molecular weight is 276 g/mol. The van der Waals surface area contributed by atoms with Crippen molar-refractivity contribution >= 4 is 0 Å². The number of hydrogen-bond donors (Lipinski definition) is 1. The molecule has 1 aromatic rings. The second kappa shape index (κ2) is 9.15. The summed E-state index contributed by atoms with van der Waals surface area (Å²) in [5.74, 6) is 0. The van der Waals surface area contributed by atoms with Crippen molar-refractivity contribution in [2.24, 2.45) is 5.73 Å². The summed E-state index contributed by atoms with van der Waals surface area (Å²) in [7, 11) is 0. The number of hydrogen-bond acceptors (Lipinski definition) is 2. The van der Waals surface area contributed by atoms with Gasteiger partial charge in [-0.25, -0.2) is 0 Å². The molecular weight excluding hydrogens is 244 g/mol. The number of unbranched alkanes of at least 4 members (excludes halogenated alkanes) is 2. The number of benzene rings is 1. The van der Waals surface area contributed by atoms with Gasteiger partial charge in [-0.3, -0.25) is 4.90 Å². The summed E-state index contributed by atoms with van der Waals surface area (Å²) >= 11 is 0. The van der Waals surface area contributed by atoms with Crippen LogP contribution in [0.5, 0.6) is 0 Å². The van der Waals surface area contributed by atoms with Crippen LogP contribution in [0.25, 0.3) is 0 Å².